The van der Waals surface area contributed by atoms with Gasteiger partial charge in [0.2, 0.25) is 0 Å². The van der Waals surface area contributed by atoms with Crippen molar-refractivity contribution in [3.63, 3.8) is 0 Å². The Morgan fingerprint density at radius 1 is 0.188 bits per heavy atom. The highest BCUT2D eigenvalue weighted by molar-refractivity contribution is 6.18. The van der Waals surface area contributed by atoms with Crippen molar-refractivity contribution in [1.82, 2.24) is 19.1 Å². The van der Waals surface area contributed by atoms with Crippen LogP contribution < -0.4 is 0 Å². The number of rotatable bonds is 12. The largest absolute Gasteiger partial charge is 0.292 e. The lowest BCUT2D eigenvalue weighted by Gasteiger charge is -2.24. The number of aromatic nitrogens is 4. The van der Waals surface area contributed by atoms with Crippen molar-refractivity contribution in [3.8, 4) is 124 Å². The summed E-state index contributed by atoms with van der Waals surface area (Å²) in [6, 6.07) is 113. The first-order valence-corrected chi connectivity index (χ1v) is 27.2. The summed E-state index contributed by atoms with van der Waals surface area (Å²) in [6.07, 6.45) is 0. The zero-order valence-electron chi connectivity index (χ0n) is 43.8. The fourth-order valence-electron chi connectivity index (χ4n) is 11.6. The molecule has 0 aliphatic heterocycles. The van der Waals surface area contributed by atoms with Gasteiger partial charge in [-0.25, -0.2) is 9.97 Å². The van der Waals surface area contributed by atoms with Crippen LogP contribution in [0.25, 0.3) is 134 Å². The molecule has 0 bridgehead atoms. The summed E-state index contributed by atoms with van der Waals surface area (Å²) in [5, 5.41) is 2.34. The molecular formula is C76H52N4. The Hall–Kier alpha value is -10.7. The van der Waals surface area contributed by atoms with E-state index in [9.17, 15) is 0 Å². The minimum Gasteiger partial charge on any atom is -0.292 e. The van der Waals surface area contributed by atoms with E-state index in [0.29, 0.717) is 0 Å². The van der Waals surface area contributed by atoms with Gasteiger partial charge in [0, 0.05) is 44.8 Å². The zero-order valence-corrected chi connectivity index (χ0v) is 43.8. The van der Waals surface area contributed by atoms with E-state index in [1.165, 1.54) is 33.0 Å². The van der Waals surface area contributed by atoms with Gasteiger partial charge in [-0.1, -0.05) is 291 Å². The van der Waals surface area contributed by atoms with Gasteiger partial charge in [0.05, 0.1) is 22.8 Å². The lowest BCUT2D eigenvalue weighted by atomic mass is 9.79. The maximum Gasteiger partial charge on any atom is 0.145 e. The van der Waals surface area contributed by atoms with E-state index in [4.69, 9.17) is 9.97 Å². The molecule has 0 atom stereocenters. The smallest absolute Gasteiger partial charge is 0.145 e. The van der Waals surface area contributed by atoms with Crippen molar-refractivity contribution in [3.05, 3.63) is 315 Å². The van der Waals surface area contributed by atoms with E-state index >= 15 is 0 Å². The van der Waals surface area contributed by atoms with Crippen LogP contribution in [0.2, 0.25) is 0 Å². The van der Waals surface area contributed by atoms with Gasteiger partial charge in [0.1, 0.15) is 11.6 Å². The number of hydrogen-bond acceptors (Lipinski definition) is 2. The van der Waals surface area contributed by atoms with Crippen molar-refractivity contribution in [2.45, 2.75) is 0 Å². The van der Waals surface area contributed by atoms with Crippen molar-refractivity contribution < 1.29 is 0 Å². The van der Waals surface area contributed by atoms with E-state index < -0.39 is 0 Å². The van der Waals surface area contributed by atoms with Crippen LogP contribution in [0.15, 0.2) is 315 Å². The quantitative estimate of drug-likeness (QED) is 0.122. The van der Waals surface area contributed by atoms with Crippen LogP contribution >= 0.6 is 0 Å². The van der Waals surface area contributed by atoms with E-state index in [1.54, 1.807) is 0 Å². The Morgan fingerprint density at radius 2 is 0.425 bits per heavy atom. The molecule has 12 aromatic carbocycles. The maximum atomic E-state index is 5.56. The van der Waals surface area contributed by atoms with Crippen LogP contribution in [0.3, 0.4) is 0 Å². The number of benzene rings is 12. The Labute approximate surface area is 466 Å². The molecule has 14 aromatic rings. The van der Waals surface area contributed by atoms with Crippen molar-refractivity contribution in [2.75, 3.05) is 0 Å². The second-order valence-electron chi connectivity index (χ2n) is 20.0. The molecule has 0 N–H and O–H groups in total. The minimum absolute atomic E-state index is 0.871. The van der Waals surface area contributed by atoms with Gasteiger partial charge in [-0.15, -0.1) is 0 Å². The second kappa shape index (κ2) is 21.0. The molecule has 0 aliphatic rings. The van der Waals surface area contributed by atoms with Gasteiger partial charge in [0.25, 0.3) is 0 Å². The van der Waals surface area contributed by atoms with E-state index in [1.807, 2.05) is 0 Å². The summed E-state index contributed by atoms with van der Waals surface area (Å²) in [5.41, 5.74) is 21.6. The van der Waals surface area contributed by atoms with Crippen LogP contribution in [0, 0.1) is 0 Å². The molecule has 376 valence electrons. The molecule has 4 nitrogen and oxygen atoms in total. The highest BCUT2D eigenvalue weighted by Crippen LogP contribution is 2.52. The molecule has 0 fully saturated rings. The summed E-state index contributed by atoms with van der Waals surface area (Å²) in [5.74, 6) is 1.74. The highest BCUT2D eigenvalue weighted by atomic mass is 15.1. The van der Waals surface area contributed by atoms with Crippen molar-refractivity contribution in [1.29, 1.82) is 0 Å². The van der Waals surface area contributed by atoms with Crippen LogP contribution in [0.5, 0.6) is 0 Å². The Bertz CT molecular complexity index is 4130. The number of hydrogen-bond donors (Lipinski definition) is 0. The first-order valence-electron chi connectivity index (χ1n) is 27.2. The third kappa shape index (κ3) is 8.72. The summed E-state index contributed by atoms with van der Waals surface area (Å²) in [6.45, 7) is 0. The predicted molar refractivity (Wildman–Crippen MR) is 333 cm³/mol. The first kappa shape index (κ1) is 47.7. The minimum atomic E-state index is 0.871. The molecule has 80 heavy (non-hydrogen) atoms. The van der Waals surface area contributed by atoms with Gasteiger partial charge in [-0.05, 0) is 79.5 Å². The molecule has 14 rings (SSSR count). The van der Waals surface area contributed by atoms with Crippen molar-refractivity contribution >= 4 is 10.8 Å². The maximum absolute atomic E-state index is 5.56. The number of imidazole rings is 2. The lowest BCUT2D eigenvalue weighted by Crippen LogP contribution is -2.01. The van der Waals surface area contributed by atoms with Gasteiger partial charge in [-0.3, -0.25) is 9.13 Å². The number of para-hydroxylation sites is 2. The summed E-state index contributed by atoms with van der Waals surface area (Å²) in [7, 11) is 0. The highest BCUT2D eigenvalue weighted by Gasteiger charge is 2.27. The van der Waals surface area contributed by atoms with E-state index in [0.717, 1.165) is 101 Å². The van der Waals surface area contributed by atoms with E-state index in [2.05, 4.69) is 325 Å². The van der Waals surface area contributed by atoms with Crippen LogP contribution in [0.1, 0.15) is 0 Å². The Kier molecular flexibility index (Phi) is 12.6. The predicted octanol–water partition coefficient (Wildman–Crippen LogP) is 19.9. The molecule has 0 saturated heterocycles. The Morgan fingerprint density at radius 3 is 0.738 bits per heavy atom. The van der Waals surface area contributed by atoms with Crippen LogP contribution in [0.4, 0.5) is 0 Å². The Balaban J connectivity index is 0.975. The summed E-state index contributed by atoms with van der Waals surface area (Å²) in [4.78, 5) is 11.1. The van der Waals surface area contributed by atoms with E-state index in [-0.39, 0.29) is 0 Å². The molecule has 0 unspecified atom stereocenters. The average molecular weight is 1020 g/mol. The number of nitrogens with zero attached hydrogens (tertiary/aromatic N) is 4. The third-order valence-electron chi connectivity index (χ3n) is 15.2. The molecular weight excluding hydrogens is 969 g/mol. The molecule has 2 heterocycles. The monoisotopic (exact) mass is 1020 g/mol. The standard InChI is InChI=1S/C76H52N4/c1-9-27-53(28-10-1)69-67(55-45-49-61(50-46-55)75-77-71(57-31-13-3-14-32-57)73(59-35-17-5-18-36-59)79(75)63-39-21-7-22-40-63)65-43-25-26-44-66(65)68(70(69)54-29-11-2-12-30-54)56-47-51-62(52-48-56)76-78-72(58-33-15-4-16-34-58)74(60-37-19-6-20-38-60)80(76)64-41-23-8-24-42-64/h1-52H. The molecule has 0 amide bonds. The SMILES string of the molecule is c1ccc(-c2nc(-c3ccc(-c4c(-c5ccccc5)c(-c5ccccc5)c(-c5ccc(-c6nc(-c7ccccc7)c(-c7ccccc7)n6-c6ccccc6)cc5)c5ccccc45)cc3)n(-c3ccccc3)c2-c2ccccc2)cc1. The van der Waals surface area contributed by atoms with Crippen molar-refractivity contribution in [2.24, 2.45) is 0 Å². The van der Waals surface area contributed by atoms with Gasteiger partial charge >= 0.3 is 0 Å². The third-order valence-corrected chi connectivity index (χ3v) is 15.2. The summed E-state index contributed by atoms with van der Waals surface area (Å²) >= 11 is 0. The molecule has 0 aliphatic carbocycles. The molecule has 0 spiro atoms. The van der Waals surface area contributed by atoms with Crippen LogP contribution in [-0.2, 0) is 0 Å². The van der Waals surface area contributed by atoms with Gasteiger partial charge in [0.15, 0.2) is 0 Å². The molecule has 4 heteroatoms. The molecule has 2 aromatic heterocycles. The molecule has 0 radical (unpaired) electrons. The fourth-order valence-corrected chi connectivity index (χ4v) is 11.6. The first-order chi connectivity index (χ1) is 39.7. The normalized spacial score (nSPS) is 11.2. The lowest BCUT2D eigenvalue weighted by molar-refractivity contribution is 1.07. The average Bonchev–Trinajstić information content (AvgIpc) is 4.22. The second-order valence-corrected chi connectivity index (χ2v) is 20.0. The summed E-state index contributed by atoms with van der Waals surface area (Å²) < 4.78 is 4.65. The van der Waals surface area contributed by atoms with Gasteiger partial charge < -0.3 is 0 Å². The van der Waals surface area contributed by atoms with Crippen LogP contribution in [-0.4, -0.2) is 19.1 Å². The number of fused-ring (bicyclic) bond motifs is 1. The zero-order chi connectivity index (χ0) is 53.2. The molecule has 0 saturated carbocycles. The van der Waals surface area contributed by atoms with Gasteiger partial charge in [-0.2, -0.15) is 0 Å². The fraction of sp³-hybridized carbons (Fsp3) is 0. The topological polar surface area (TPSA) is 35.6 Å².